The average molecular weight is 302 g/mol. The van der Waals surface area contributed by atoms with E-state index >= 15 is 0 Å². The van der Waals surface area contributed by atoms with E-state index in [4.69, 9.17) is 10.3 Å². The summed E-state index contributed by atoms with van der Waals surface area (Å²) in [5, 5.41) is 4.04. The summed E-state index contributed by atoms with van der Waals surface area (Å²) in [4.78, 5) is 6.73. The van der Waals surface area contributed by atoms with Gasteiger partial charge in [0.2, 0.25) is 5.89 Å². The zero-order valence-electron chi connectivity index (χ0n) is 13.5. The molecule has 1 aromatic heterocycles. The van der Waals surface area contributed by atoms with Gasteiger partial charge < -0.3 is 10.3 Å². The van der Waals surface area contributed by atoms with Gasteiger partial charge in [0.05, 0.1) is 6.54 Å². The van der Waals surface area contributed by atoms with Crippen LogP contribution in [0.3, 0.4) is 0 Å². The molecule has 2 N–H and O–H groups in total. The Labute approximate surface area is 132 Å². The molecule has 0 aliphatic carbocycles. The summed E-state index contributed by atoms with van der Waals surface area (Å²) < 4.78 is 5.35. The number of aromatic nitrogens is 2. The van der Waals surface area contributed by atoms with Gasteiger partial charge >= 0.3 is 0 Å². The fourth-order valence-corrected chi connectivity index (χ4v) is 2.38. The first-order valence-electron chi connectivity index (χ1n) is 7.95. The van der Waals surface area contributed by atoms with Gasteiger partial charge in [0, 0.05) is 26.1 Å². The van der Waals surface area contributed by atoms with Crippen LogP contribution in [0.25, 0.3) is 0 Å². The molecule has 120 valence electrons. The van der Waals surface area contributed by atoms with Crippen molar-refractivity contribution in [3.8, 4) is 0 Å². The summed E-state index contributed by atoms with van der Waals surface area (Å²) in [6.07, 6.45) is 1.85. The zero-order valence-corrected chi connectivity index (χ0v) is 13.5. The van der Waals surface area contributed by atoms with E-state index in [1.54, 1.807) is 0 Å². The van der Waals surface area contributed by atoms with Crippen LogP contribution in [0.1, 0.15) is 31.1 Å². The maximum absolute atomic E-state index is 5.71. The van der Waals surface area contributed by atoms with E-state index in [0.717, 1.165) is 31.8 Å². The Hall–Kier alpha value is -1.72. The monoisotopic (exact) mass is 302 g/mol. The fraction of sp³-hybridized carbons (Fsp3) is 0.529. The Morgan fingerprint density at radius 1 is 1.18 bits per heavy atom. The summed E-state index contributed by atoms with van der Waals surface area (Å²) >= 11 is 0. The molecule has 0 spiro atoms. The molecule has 0 bridgehead atoms. The molecule has 1 aromatic carbocycles. The quantitative estimate of drug-likeness (QED) is 0.769. The van der Waals surface area contributed by atoms with Gasteiger partial charge in [-0.15, -0.1) is 0 Å². The van der Waals surface area contributed by atoms with Gasteiger partial charge in [0.25, 0.3) is 0 Å². The number of rotatable bonds is 9. The minimum Gasteiger partial charge on any atom is -0.338 e. The first-order chi connectivity index (χ1) is 10.7. The lowest BCUT2D eigenvalue weighted by Crippen LogP contribution is -2.31. The van der Waals surface area contributed by atoms with Crippen LogP contribution >= 0.6 is 0 Å². The second-order valence-corrected chi connectivity index (χ2v) is 6.00. The van der Waals surface area contributed by atoms with Crippen molar-refractivity contribution < 1.29 is 4.52 Å². The van der Waals surface area contributed by atoms with Crippen molar-refractivity contribution in [3.05, 3.63) is 47.6 Å². The largest absolute Gasteiger partial charge is 0.338 e. The van der Waals surface area contributed by atoms with Crippen LogP contribution in [0, 0.1) is 5.92 Å². The van der Waals surface area contributed by atoms with E-state index in [1.165, 1.54) is 5.56 Å². The third-order valence-corrected chi connectivity index (χ3v) is 3.46. The smallest absolute Gasteiger partial charge is 0.240 e. The van der Waals surface area contributed by atoms with E-state index in [1.807, 2.05) is 6.07 Å². The van der Waals surface area contributed by atoms with Gasteiger partial charge in [-0.25, -0.2) is 0 Å². The lowest BCUT2D eigenvalue weighted by molar-refractivity contribution is 0.233. The predicted octanol–water partition coefficient (Wildman–Crippen LogP) is 2.27. The lowest BCUT2D eigenvalue weighted by atomic mass is 10.1. The summed E-state index contributed by atoms with van der Waals surface area (Å²) in [5.41, 5.74) is 7.04. The van der Waals surface area contributed by atoms with Gasteiger partial charge in [-0.3, -0.25) is 4.90 Å². The molecule has 0 amide bonds. The number of nitrogens with two attached hydrogens (primary N) is 1. The van der Waals surface area contributed by atoms with Crippen LogP contribution in [-0.2, 0) is 19.4 Å². The Balaban J connectivity index is 1.89. The Morgan fingerprint density at radius 2 is 1.95 bits per heavy atom. The molecule has 0 aliphatic rings. The minimum atomic E-state index is 0.531. The molecule has 0 saturated heterocycles. The second-order valence-electron chi connectivity index (χ2n) is 6.00. The molecule has 2 aromatic rings. The molecule has 0 fully saturated rings. The van der Waals surface area contributed by atoms with Crippen molar-refractivity contribution in [1.29, 1.82) is 0 Å². The van der Waals surface area contributed by atoms with Crippen LogP contribution in [0.5, 0.6) is 0 Å². The van der Waals surface area contributed by atoms with Crippen molar-refractivity contribution in [3.63, 3.8) is 0 Å². The Bertz CT molecular complexity index is 539. The molecule has 5 nitrogen and oxygen atoms in total. The molecule has 22 heavy (non-hydrogen) atoms. The number of hydrogen-bond acceptors (Lipinski definition) is 5. The van der Waals surface area contributed by atoms with Crippen LogP contribution in [0.15, 0.2) is 34.9 Å². The number of benzene rings is 1. The maximum Gasteiger partial charge on any atom is 0.240 e. The highest BCUT2D eigenvalue weighted by Gasteiger charge is 2.12. The van der Waals surface area contributed by atoms with E-state index in [-0.39, 0.29) is 0 Å². The average Bonchev–Trinajstić information content (AvgIpc) is 2.92. The van der Waals surface area contributed by atoms with Crippen molar-refractivity contribution >= 4 is 0 Å². The highest BCUT2D eigenvalue weighted by Crippen LogP contribution is 2.08. The van der Waals surface area contributed by atoms with Crippen molar-refractivity contribution in [2.75, 3.05) is 19.6 Å². The van der Waals surface area contributed by atoms with Crippen molar-refractivity contribution in [1.82, 2.24) is 15.0 Å². The number of nitrogens with zero attached hydrogens (tertiary/aromatic N) is 3. The van der Waals surface area contributed by atoms with Crippen LogP contribution in [0.4, 0.5) is 0 Å². The Morgan fingerprint density at radius 3 is 2.64 bits per heavy atom. The van der Waals surface area contributed by atoms with Crippen LogP contribution in [0.2, 0.25) is 0 Å². The van der Waals surface area contributed by atoms with Crippen molar-refractivity contribution in [2.45, 2.75) is 33.2 Å². The fourth-order valence-electron chi connectivity index (χ4n) is 2.38. The highest BCUT2D eigenvalue weighted by molar-refractivity contribution is 5.14. The molecule has 5 heteroatoms. The summed E-state index contributed by atoms with van der Waals surface area (Å²) in [5.74, 6) is 2.00. The lowest BCUT2D eigenvalue weighted by Gasteiger charge is -2.19. The molecule has 0 atom stereocenters. The second kappa shape index (κ2) is 8.66. The molecule has 0 aliphatic heterocycles. The standard InChI is InChI=1S/C17H26N4O/c1-14(2)12-16-19-17(22-20-16)13-21(11-9-18)10-8-15-6-4-3-5-7-15/h3-7,14H,8-13,18H2,1-2H3. The normalized spacial score (nSPS) is 11.5. The molecule has 1 heterocycles. The maximum atomic E-state index is 5.71. The minimum absolute atomic E-state index is 0.531. The SMILES string of the molecule is CC(C)Cc1noc(CN(CCN)CCc2ccccc2)n1. The van der Waals surface area contributed by atoms with Gasteiger partial charge in [-0.05, 0) is 17.9 Å². The van der Waals surface area contributed by atoms with E-state index in [2.05, 4.69) is 53.2 Å². The van der Waals surface area contributed by atoms with Gasteiger partial charge in [0.15, 0.2) is 5.82 Å². The summed E-state index contributed by atoms with van der Waals surface area (Å²) in [6, 6.07) is 10.5. The zero-order chi connectivity index (χ0) is 15.8. The Kier molecular flexibility index (Phi) is 6.55. The first-order valence-corrected chi connectivity index (χ1v) is 7.95. The van der Waals surface area contributed by atoms with E-state index in [9.17, 15) is 0 Å². The predicted molar refractivity (Wildman–Crippen MR) is 87.3 cm³/mol. The molecule has 0 radical (unpaired) electrons. The third-order valence-electron chi connectivity index (χ3n) is 3.46. The molecule has 0 saturated carbocycles. The first kappa shape index (κ1) is 16.6. The van der Waals surface area contributed by atoms with Crippen molar-refractivity contribution in [2.24, 2.45) is 11.7 Å². The third kappa shape index (κ3) is 5.58. The van der Waals surface area contributed by atoms with Gasteiger partial charge in [-0.1, -0.05) is 49.3 Å². The molecular weight excluding hydrogens is 276 g/mol. The highest BCUT2D eigenvalue weighted by atomic mass is 16.5. The van der Waals surface area contributed by atoms with Crippen LogP contribution < -0.4 is 5.73 Å². The summed E-state index contributed by atoms with van der Waals surface area (Å²) in [7, 11) is 0. The topological polar surface area (TPSA) is 68.2 Å². The van der Waals surface area contributed by atoms with Gasteiger partial charge in [-0.2, -0.15) is 4.98 Å². The number of hydrogen-bond donors (Lipinski definition) is 1. The summed E-state index contributed by atoms with van der Waals surface area (Å²) in [6.45, 7) is 7.35. The molecule has 0 unspecified atom stereocenters. The van der Waals surface area contributed by atoms with E-state index < -0.39 is 0 Å². The van der Waals surface area contributed by atoms with Crippen LogP contribution in [-0.4, -0.2) is 34.7 Å². The molecule has 2 rings (SSSR count). The molecular formula is C17H26N4O. The van der Waals surface area contributed by atoms with Gasteiger partial charge in [0.1, 0.15) is 0 Å². The van der Waals surface area contributed by atoms with E-state index in [0.29, 0.717) is 24.9 Å².